The molecule has 1 aromatic rings. The van der Waals surface area contributed by atoms with E-state index in [1.54, 1.807) is 5.82 Å². The van der Waals surface area contributed by atoms with Crippen molar-refractivity contribution in [3.63, 3.8) is 0 Å². The van der Waals surface area contributed by atoms with Gasteiger partial charge in [-0.1, -0.05) is 245 Å². The molecule has 302 valence electrons. The van der Waals surface area contributed by atoms with Crippen LogP contribution in [0.1, 0.15) is 283 Å². The number of aryl methyl sites for hydroxylation is 2. The van der Waals surface area contributed by atoms with E-state index in [1.165, 1.54) is 276 Å². The smallest absolute Gasteiger partial charge is 0.234 e. The molecule has 51 heavy (non-hydrogen) atoms. The molecule has 0 aliphatic heterocycles. The van der Waals surface area contributed by atoms with E-state index in [2.05, 4.69) is 42.3 Å². The molecule has 1 rings (SSSR count). The molecular formula is C49H97N2+. The van der Waals surface area contributed by atoms with Crippen molar-refractivity contribution < 1.29 is 4.57 Å². The lowest BCUT2D eigenvalue weighted by Crippen LogP contribution is -2.37. The Labute approximate surface area is 323 Å². The van der Waals surface area contributed by atoms with Crippen LogP contribution in [-0.4, -0.2) is 4.57 Å². The topological polar surface area (TPSA) is 8.81 Å². The van der Waals surface area contributed by atoms with Crippen LogP contribution in [0.25, 0.3) is 0 Å². The Kier molecular flexibility index (Phi) is 38.2. The molecule has 0 amide bonds. The van der Waals surface area contributed by atoms with Crippen LogP contribution in [0, 0.1) is 0 Å². The average molecular weight is 714 g/mol. The first-order valence-corrected chi connectivity index (χ1v) is 24.4. The Balaban J connectivity index is 2.26. The first kappa shape index (κ1) is 48.2. The van der Waals surface area contributed by atoms with Gasteiger partial charge in [0.25, 0.3) is 5.82 Å². The van der Waals surface area contributed by atoms with Crippen LogP contribution in [0.3, 0.4) is 0 Å². The zero-order valence-corrected chi connectivity index (χ0v) is 36.0. The fraction of sp³-hybridized carbons (Fsp3) is 0.939. The molecule has 0 fully saturated rings. The number of aromatic nitrogens is 2. The van der Waals surface area contributed by atoms with Crippen LogP contribution < -0.4 is 4.57 Å². The summed E-state index contributed by atoms with van der Waals surface area (Å²) in [5.41, 5.74) is 0. The van der Waals surface area contributed by atoms with E-state index in [9.17, 15) is 0 Å². The molecule has 0 radical (unpaired) electrons. The molecular weight excluding hydrogens is 617 g/mol. The maximum atomic E-state index is 2.65. The van der Waals surface area contributed by atoms with Crippen molar-refractivity contribution in [3.8, 4) is 0 Å². The van der Waals surface area contributed by atoms with Crippen molar-refractivity contribution in [1.29, 1.82) is 0 Å². The van der Waals surface area contributed by atoms with Gasteiger partial charge in [0.2, 0.25) is 0 Å². The highest BCUT2D eigenvalue weighted by atomic mass is 15.1. The number of imidazole rings is 1. The standard InChI is InChI=1S/C49H97N2/c1-4-7-10-13-16-19-22-25-26-27-28-29-32-35-38-41-44-49-50(45-42-39-36-33-30-23-20-17-14-11-8-5-2)47-48-51(49)46-43-40-37-34-31-24-21-18-15-12-9-6-3/h47-48H,4-46H2,1-3H3/q+1. The van der Waals surface area contributed by atoms with E-state index < -0.39 is 0 Å². The molecule has 0 bridgehead atoms. The zero-order chi connectivity index (χ0) is 36.6. The Morgan fingerprint density at radius 3 is 0.941 bits per heavy atom. The SMILES string of the molecule is CCCCCCCCCCCCCCCCCCc1n(CCCCCCCCCCCCCC)cc[n+]1CCCCCCCCCCCCCC. The van der Waals surface area contributed by atoms with Gasteiger partial charge >= 0.3 is 0 Å². The van der Waals surface area contributed by atoms with Crippen molar-refractivity contribution in [3.05, 3.63) is 18.2 Å². The fourth-order valence-electron chi connectivity index (χ4n) is 8.27. The van der Waals surface area contributed by atoms with E-state index in [1.807, 2.05) is 0 Å². The van der Waals surface area contributed by atoms with Gasteiger partial charge in [0.1, 0.15) is 12.4 Å². The van der Waals surface area contributed by atoms with Crippen LogP contribution in [-0.2, 0) is 19.5 Å². The van der Waals surface area contributed by atoms with Gasteiger partial charge in [-0.25, -0.2) is 9.13 Å². The summed E-state index contributed by atoms with van der Waals surface area (Å²) in [4.78, 5) is 0. The molecule has 0 aromatic carbocycles. The summed E-state index contributed by atoms with van der Waals surface area (Å²) in [5.74, 6) is 1.63. The zero-order valence-electron chi connectivity index (χ0n) is 36.0. The van der Waals surface area contributed by atoms with Crippen molar-refractivity contribution in [2.45, 2.75) is 297 Å². The first-order chi connectivity index (χ1) is 25.3. The Bertz CT molecular complexity index is 736. The minimum atomic E-state index is 1.23. The molecule has 0 atom stereocenters. The average Bonchev–Trinajstić information content (AvgIpc) is 3.53. The van der Waals surface area contributed by atoms with Gasteiger partial charge < -0.3 is 0 Å². The Morgan fingerprint density at radius 2 is 0.608 bits per heavy atom. The lowest BCUT2D eigenvalue weighted by molar-refractivity contribution is -0.704. The van der Waals surface area contributed by atoms with Gasteiger partial charge in [-0.05, 0) is 32.1 Å². The van der Waals surface area contributed by atoms with Crippen molar-refractivity contribution in [2.75, 3.05) is 0 Å². The third kappa shape index (κ3) is 32.4. The molecule has 0 saturated carbocycles. The van der Waals surface area contributed by atoms with Crippen LogP contribution in [0.15, 0.2) is 12.4 Å². The molecule has 2 nitrogen and oxygen atoms in total. The minimum Gasteiger partial charge on any atom is -0.234 e. The van der Waals surface area contributed by atoms with Gasteiger partial charge in [-0.15, -0.1) is 0 Å². The second kappa shape index (κ2) is 40.4. The summed E-state index contributed by atoms with van der Waals surface area (Å²) >= 11 is 0. The molecule has 2 heteroatoms. The summed E-state index contributed by atoms with van der Waals surface area (Å²) in [6.07, 6.45) is 63.8. The molecule has 0 aliphatic carbocycles. The van der Waals surface area contributed by atoms with E-state index in [0.717, 1.165) is 0 Å². The molecule has 0 saturated heterocycles. The minimum absolute atomic E-state index is 1.23. The third-order valence-corrected chi connectivity index (χ3v) is 11.8. The molecule has 0 N–H and O–H groups in total. The lowest BCUT2D eigenvalue weighted by atomic mass is 10.0. The van der Waals surface area contributed by atoms with Crippen LogP contribution in [0.4, 0.5) is 0 Å². The fourth-order valence-corrected chi connectivity index (χ4v) is 8.27. The summed E-state index contributed by atoms with van der Waals surface area (Å²) in [6.45, 7) is 9.42. The van der Waals surface area contributed by atoms with Gasteiger partial charge in [0, 0.05) is 6.42 Å². The van der Waals surface area contributed by atoms with Gasteiger partial charge in [0.15, 0.2) is 0 Å². The monoisotopic (exact) mass is 714 g/mol. The second-order valence-electron chi connectivity index (χ2n) is 16.9. The second-order valence-corrected chi connectivity index (χ2v) is 16.9. The summed E-state index contributed by atoms with van der Waals surface area (Å²) in [6, 6.07) is 0. The highest BCUT2D eigenvalue weighted by Gasteiger charge is 2.16. The Hall–Kier alpha value is -0.790. The van der Waals surface area contributed by atoms with Crippen LogP contribution in [0.2, 0.25) is 0 Å². The van der Waals surface area contributed by atoms with Gasteiger partial charge in [-0.3, -0.25) is 0 Å². The van der Waals surface area contributed by atoms with E-state index in [-0.39, 0.29) is 0 Å². The highest BCUT2D eigenvalue weighted by Crippen LogP contribution is 2.17. The van der Waals surface area contributed by atoms with Crippen molar-refractivity contribution >= 4 is 0 Å². The van der Waals surface area contributed by atoms with Gasteiger partial charge in [0.05, 0.1) is 13.1 Å². The van der Waals surface area contributed by atoms with Gasteiger partial charge in [-0.2, -0.15) is 0 Å². The molecule has 1 aromatic heterocycles. The summed E-state index contributed by atoms with van der Waals surface area (Å²) in [7, 11) is 0. The normalized spacial score (nSPS) is 11.7. The third-order valence-electron chi connectivity index (χ3n) is 11.8. The predicted molar refractivity (Wildman–Crippen MR) is 230 cm³/mol. The lowest BCUT2D eigenvalue weighted by Gasteiger charge is -2.07. The molecule has 0 spiro atoms. The number of unbranched alkanes of at least 4 members (excludes halogenated alkanes) is 37. The Morgan fingerprint density at radius 1 is 0.333 bits per heavy atom. The maximum absolute atomic E-state index is 2.65. The summed E-state index contributed by atoms with van der Waals surface area (Å²) in [5, 5.41) is 0. The number of nitrogens with zero attached hydrogens (tertiary/aromatic N) is 2. The largest absolute Gasteiger partial charge is 0.256 e. The first-order valence-electron chi connectivity index (χ1n) is 24.4. The number of hydrogen-bond acceptors (Lipinski definition) is 0. The quantitative estimate of drug-likeness (QED) is 0.0471. The molecule has 1 heterocycles. The number of rotatable bonds is 43. The van der Waals surface area contributed by atoms with Crippen LogP contribution >= 0.6 is 0 Å². The highest BCUT2D eigenvalue weighted by molar-refractivity contribution is 4.84. The van der Waals surface area contributed by atoms with E-state index in [4.69, 9.17) is 0 Å². The molecule has 0 unspecified atom stereocenters. The van der Waals surface area contributed by atoms with Crippen LogP contribution in [0.5, 0.6) is 0 Å². The number of hydrogen-bond donors (Lipinski definition) is 0. The van der Waals surface area contributed by atoms with Crippen molar-refractivity contribution in [2.24, 2.45) is 0 Å². The predicted octanol–water partition coefficient (Wildman–Crippen LogP) is 17.0. The van der Waals surface area contributed by atoms with Crippen molar-refractivity contribution in [1.82, 2.24) is 4.57 Å². The molecule has 0 aliphatic rings. The van der Waals surface area contributed by atoms with E-state index >= 15 is 0 Å². The summed E-state index contributed by atoms with van der Waals surface area (Å²) < 4.78 is 5.31. The maximum Gasteiger partial charge on any atom is 0.256 e. The van der Waals surface area contributed by atoms with E-state index in [0.29, 0.717) is 0 Å².